The lowest BCUT2D eigenvalue weighted by molar-refractivity contribution is 0.402. The van der Waals surface area contributed by atoms with Crippen molar-refractivity contribution in [2.45, 2.75) is 11.4 Å². The molecule has 0 radical (unpaired) electrons. The van der Waals surface area contributed by atoms with Crippen molar-refractivity contribution in [2.75, 3.05) is 18.8 Å². The van der Waals surface area contributed by atoms with E-state index in [-0.39, 0.29) is 4.90 Å². The number of nitrogens with zero attached hydrogens (tertiary/aromatic N) is 2. The molecule has 0 fully saturated rings. The topological polar surface area (TPSA) is 78.1 Å². The van der Waals surface area contributed by atoms with Crippen LogP contribution < -0.4 is 4.72 Å². The Morgan fingerprint density at radius 2 is 1.95 bits per heavy atom. The zero-order valence-corrected chi connectivity index (χ0v) is 11.6. The van der Waals surface area contributed by atoms with Gasteiger partial charge in [-0.15, -0.1) is 0 Å². The average Bonchev–Trinajstić information content (AvgIpc) is 2.85. The Kier molecular flexibility index (Phi) is 3.87. The van der Waals surface area contributed by atoms with E-state index in [4.69, 9.17) is 0 Å². The van der Waals surface area contributed by atoms with Crippen LogP contribution in [0.2, 0.25) is 0 Å². The molecule has 0 saturated carbocycles. The summed E-state index contributed by atoms with van der Waals surface area (Å²) in [7, 11) is 0.403. The van der Waals surface area contributed by atoms with Gasteiger partial charge in [0.2, 0.25) is 0 Å². The summed E-state index contributed by atoms with van der Waals surface area (Å²) >= 11 is 0. The molecule has 19 heavy (non-hydrogen) atoms. The van der Waals surface area contributed by atoms with Crippen molar-refractivity contribution in [3.05, 3.63) is 42.2 Å². The standard InChI is InChI=1S/C12H16N4O2S/c1-16(2)9-10-3-5-11(6-4-10)15-19(17,18)12-7-13-14-8-12/h3-8,15H,9H2,1-2H3,(H,13,14). The zero-order chi connectivity index (χ0) is 13.9. The van der Waals surface area contributed by atoms with Crippen LogP contribution in [-0.4, -0.2) is 37.6 Å². The monoisotopic (exact) mass is 280 g/mol. The molecule has 2 rings (SSSR count). The van der Waals surface area contributed by atoms with Crippen LogP contribution >= 0.6 is 0 Å². The molecule has 0 amide bonds. The van der Waals surface area contributed by atoms with Crippen molar-refractivity contribution < 1.29 is 8.42 Å². The normalized spacial score (nSPS) is 11.7. The van der Waals surface area contributed by atoms with Gasteiger partial charge in [0, 0.05) is 18.4 Å². The molecule has 6 nitrogen and oxygen atoms in total. The molecular weight excluding hydrogens is 264 g/mol. The van der Waals surface area contributed by atoms with Crippen LogP contribution in [0.4, 0.5) is 5.69 Å². The number of anilines is 1. The van der Waals surface area contributed by atoms with Crippen LogP contribution in [-0.2, 0) is 16.6 Å². The minimum absolute atomic E-state index is 0.116. The number of hydrogen-bond acceptors (Lipinski definition) is 4. The molecule has 2 aromatic rings. The van der Waals surface area contributed by atoms with Gasteiger partial charge in [0.1, 0.15) is 4.90 Å². The predicted octanol–water partition coefficient (Wildman–Crippen LogP) is 1.27. The van der Waals surface area contributed by atoms with E-state index in [9.17, 15) is 8.42 Å². The lowest BCUT2D eigenvalue weighted by Crippen LogP contribution is -2.13. The summed E-state index contributed by atoms with van der Waals surface area (Å²) in [6.07, 6.45) is 2.60. The number of nitrogens with one attached hydrogen (secondary N) is 2. The Bertz CT molecular complexity index is 618. The third-order valence-electron chi connectivity index (χ3n) is 2.49. The molecule has 0 saturated heterocycles. The van der Waals surface area contributed by atoms with Crippen molar-refractivity contribution in [2.24, 2.45) is 0 Å². The Balaban J connectivity index is 2.12. The van der Waals surface area contributed by atoms with Crippen molar-refractivity contribution in [1.82, 2.24) is 15.1 Å². The minimum Gasteiger partial charge on any atom is -0.305 e. The molecule has 2 N–H and O–H groups in total. The summed E-state index contributed by atoms with van der Waals surface area (Å²) in [5, 5.41) is 6.10. The summed E-state index contributed by atoms with van der Waals surface area (Å²) in [4.78, 5) is 2.16. The number of sulfonamides is 1. The van der Waals surface area contributed by atoms with Gasteiger partial charge in [-0.3, -0.25) is 9.82 Å². The largest absolute Gasteiger partial charge is 0.305 e. The van der Waals surface area contributed by atoms with Crippen molar-refractivity contribution in [1.29, 1.82) is 0 Å². The van der Waals surface area contributed by atoms with Crippen LogP contribution in [0.1, 0.15) is 5.56 Å². The van der Waals surface area contributed by atoms with Crippen LogP contribution in [0.5, 0.6) is 0 Å². The third-order valence-corrected chi connectivity index (χ3v) is 3.84. The molecular formula is C12H16N4O2S. The molecule has 0 bridgehead atoms. The number of H-pyrrole nitrogens is 1. The molecule has 1 aromatic heterocycles. The second-order valence-corrected chi connectivity index (χ2v) is 6.16. The van der Waals surface area contributed by atoms with Gasteiger partial charge in [0.15, 0.2) is 0 Å². The Morgan fingerprint density at radius 1 is 1.26 bits per heavy atom. The predicted molar refractivity (Wildman–Crippen MR) is 73.2 cm³/mol. The Morgan fingerprint density at radius 3 is 2.47 bits per heavy atom. The molecule has 0 aliphatic rings. The highest BCUT2D eigenvalue weighted by atomic mass is 32.2. The average molecular weight is 280 g/mol. The second kappa shape index (κ2) is 5.41. The van der Waals surface area contributed by atoms with Crippen molar-refractivity contribution in [3.63, 3.8) is 0 Å². The fourth-order valence-electron chi connectivity index (χ4n) is 1.64. The van der Waals surface area contributed by atoms with Gasteiger partial charge < -0.3 is 4.90 Å². The first-order chi connectivity index (χ1) is 8.97. The van der Waals surface area contributed by atoms with Gasteiger partial charge >= 0.3 is 0 Å². The first-order valence-electron chi connectivity index (χ1n) is 5.72. The summed E-state index contributed by atoms with van der Waals surface area (Å²) in [6.45, 7) is 0.814. The van der Waals surface area contributed by atoms with Gasteiger partial charge in [0.05, 0.1) is 6.20 Å². The number of hydrogen-bond donors (Lipinski definition) is 2. The lowest BCUT2D eigenvalue weighted by Gasteiger charge is -2.11. The molecule has 102 valence electrons. The van der Waals surface area contributed by atoms with Crippen LogP contribution in [0.3, 0.4) is 0 Å². The van der Waals surface area contributed by atoms with E-state index >= 15 is 0 Å². The molecule has 0 atom stereocenters. The molecule has 0 aliphatic carbocycles. The molecule has 0 aliphatic heterocycles. The van der Waals surface area contributed by atoms with E-state index in [1.54, 1.807) is 12.1 Å². The highest BCUT2D eigenvalue weighted by Crippen LogP contribution is 2.15. The Labute approximate surface area is 112 Å². The van der Waals surface area contributed by atoms with Gasteiger partial charge in [0.25, 0.3) is 10.0 Å². The summed E-state index contributed by atoms with van der Waals surface area (Å²) in [5.74, 6) is 0. The third kappa shape index (κ3) is 3.55. The minimum atomic E-state index is -3.56. The molecule has 7 heteroatoms. The number of rotatable bonds is 5. The molecule has 1 heterocycles. The Hall–Kier alpha value is -1.86. The maximum Gasteiger partial charge on any atom is 0.265 e. The number of benzene rings is 1. The lowest BCUT2D eigenvalue weighted by atomic mass is 10.2. The fraction of sp³-hybridized carbons (Fsp3) is 0.250. The second-order valence-electron chi connectivity index (χ2n) is 4.47. The highest BCUT2D eigenvalue weighted by molar-refractivity contribution is 7.92. The van der Waals surface area contributed by atoms with Gasteiger partial charge in [-0.25, -0.2) is 8.42 Å². The maximum atomic E-state index is 11.9. The SMILES string of the molecule is CN(C)Cc1ccc(NS(=O)(=O)c2cn[nH]c2)cc1. The highest BCUT2D eigenvalue weighted by Gasteiger charge is 2.14. The fourth-order valence-corrected chi connectivity index (χ4v) is 2.61. The summed E-state index contributed by atoms with van der Waals surface area (Å²) in [6, 6.07) is 7.29. The first-order valence-corrected chi connectivity index (χ1v) is 7.21. The molecule has 1 aromatic carbocycles. The van der Waals surface area contributed by atoms with E-state index in [1.807, 2.05) is 31.1 Å². The van der Waals surface area contributed by atoms with E-state index in [2.05, 4.69) is 14.9 Å². The van der Waals surface area contributed by atoms with Crippen molar-refractivity contribution in [3.8, 4) is 0 Å². The number of aromatic amines is 1. The smallest absolute Gasteiger partial charge is 0.265 e. The van der Waals surface area contributed by atoms with E-state index in [0.29, 0.717) is 5.69 Å². The van der Waals surface area contributed by atoms with Gasteiger partial charge in [-0.05, 0) is 31.8 Å². The first kappa shape index (κ1) is 13.6. The molecule has 0 unspecified atom stereocenters. The van der Waals surface area contributed by atoms with Gasteiger partial charge in [-0.1, -0.05) is 12.1 Å². The summed E-state index contributed by atoms with van der Waals surface area (Å²) in [5.41, 5.74) is 1.65. The quantitative estimate of drug-likeness (QED) is 0.864. The van der Waals surface area contributed by atoms with Crippen LogP contribution in [0.15, 0.2) is 41.6 Å². The van der Waals surface area contributed by atoms with Gasteiger partial charge in [-0.2, -0.15) is 5.10 Å². The maximum absolute atomic E-state index is 11.9. The van der Waals surface area contributed by atoms with E-state index in [0.717, 1.165) is 12.1 Å². The van der Waals surface area contributed by atoms with Crippen LogP contribution in [0, 0.1) is 0 Å². The number of aromatic nitrogens is 2. The summed E-state index contributed by atoms with van der Waals surface area (Å²) < 4.78 is 26.4. The van der Waals surface area contributed by atoms with Crippen molar-refractivity contribution >= 4 is 15.7 Å². The zero-order valence-electron chi connectivity index (χ0n) is 10.8. The van der Waals surface area contributed by atoms with Crippen LogP contribution in [0.25, 0.3) is 0 Å². The molecule has 0 spiro atoms. The van der Waals surface area contributed by atoms with E-state index < -0.39 is 10.0 Å². The van der Waals surface area contributed by atoms with E-state index in [1.165, 1.54) is 12.4 Å².